The van der Waals surface area contributed by atoms with Crippen LogP contribution in [0.5, 0.6) is 0 Å². The number of nitrogens with one attached hydrogen (secondary N) is 1. The van der Waals surface area contributed by atoms with Gasteiger partial charge in [-0.3, -0.25) is 0 Å². The third kappa shape index (κ3) is 3.95. The average molecular weight is 287 g/mol. The molecule has 1 heterocycles. The molecule has 112 valence electrons. The lowest BCUT2D eigenvalue weighted by Crippen LogP contribution is -2.25. The van der Waals surface area contributed by atoms with Gasteiger partial charge in [-0.25, -0.2) is 4.79 Å². The van der Waals surface area contributed by atoms with E-state index in [-0.39, 0.29) is 11.8 Å². The van der Waals surface area contributed by atoms with Crippen LogP contribution in [0.15, 0.2) is 46.9 Å². The van der Waals surface area contributed by atoms with Crippen molar-refractivity contribution in [2.75, 3.05) is 7.11 Å². The molecule has 1 N–H and O–H groups in total. The lowest BCUT2D eigenvalue weighted by atomic mass is 9.96. The second-order valence-electron chi connectivity index (χ2n) is 5.27. The summed E-state index contributed by atoms with van der Waals surface area (Å²) in [6.45, 7) is 4.91. The maximum atomic E-state index is 11.4. The summed E-state index contributed by atoms with van der Waals surface area (Å²) in [4.78, 5) is 11.4. The van der Waals surface area contributed by atoms with Crippen LogP contribution in [0.25, 0.3) is 0 Å². The van der Waals surface area contributed by atoms with Gasteiger partial charge in [-0.1, -0.05) is 44.2 Å². The number of esters is 1. The monoisotopic (exact) mass is 287 g/mol. The highest BCUT2D eigenvalue weighted by molar-refractivity contribution is 5.86. The van der Waals surface area contributed by atoms with Crippen molar-refractivity contribution in [3.8, 4) is 0 Å². The fourth-order valence-corrected chi connectivity index (χ4v) is 2.29. The third-order valence-corrected chi connectivity index (χ3v) is 3.37. The van der Waals surface area contributed by atoms with Gasteiger partial charge in [-0.05, 0) is 23.6 Å². The van der Waals surface area contributed by atoms with Gasteiger partial charge in [0, 0.05) is 6.04 Å². The normalized spacial score (nSPS) is 12.4. The smallest absolute Gasteiger partial charge is 0.373 e. The molecule has 2 rings (SSSR count). The van der Waals surface area contributed by atoms with Crippen molar-refractivity contribution in [1.29, 1.82) is 0 Å². The van der Waals surface area contributed by atoms with Gasteiger partial charge in [0.2, 0.25) is 5.76 Å². The van der Waals surface area contributed by atoms with Gasteiger partial charge < -0.3 is 14.5 Å². The zero-order valence-corrected chi connectivity index (χ0v) is 12.6. The zero-order valence-electron chi connectivity index (χ0n) is 12.6. The van der Waals surface area contributed by atoms with E-state index in [4.69, 9.17) is 4.42 Å². The SMILES string of the molecule is COC(=O)c1ccc(CNC(c2ccccc2)C(C)C)o1. The second kappa shape index (κ2) is 7.09. The van der Waals surface area contributed by atoms with Crippen LogP contribution in [-0.2, 0) is 11.3 Å². The van der Waals surface area contributed by atoms with Gasteiger partial charge in [0.05, 0.1) is 13.7 Å². The second-order valence-corrected chi connectivity index (χ2v) is 5.27. The quantitative estimate of drug-likeness (QED) is 0.825. The van der Waals surface area contributed by atoms with Crippen molar-refractivity contribution in [2.24, 2.45) is 5.92 Å². The Balaban J connectivity index is 2.02. The van der Waals surface area contributed by atoms with Gasteiger partial charge in [0.15, 0.2) is 0 Å². The third-order valence-electron chi connectivity index (χ3n) is 3.37. The van der Waals surface area contributed by atoms with Crippen molar-refractivity contribution in [1.82, 2.24) is 5.32 Å². The molecule has 1 atom stereocenters. The minimum Gasteiger partial charge on any atom is -0.463 e. The summed E-state index contributed by atoms with van der Waals surface area (Å²) >= 11 is 0. The summed E-state index contributed by atoms with van der Waals surface area (Å²) in [6.07, 6.45) is 0. The highest BCUT2D eigenvalue weighted by Crippen LogP contribution is 2.22. The molecule has 0 bridgehead atoms. The van der Waals surface area contributed by atoms with Gasteiger partial charge in [0.25, 0.3) is 0 Å². The lowest BCUT2D eigenvalue weighted by Gasteiger charge is -2.22. The maximum Gasteiger partial charge on any atom is 0.373 e. The minimum atomic E-state index is -0.454. The van der Waals surface area contributed by atoms with E-state index in [0.29, 0.717) is 12.5 Å². The summed E-state index contributed by atoms with van der Waals surface area (Å²) in [6, 6.07) is 14.0. The van der Waals surface area contributed by atoms with Crippen LogP contribution in [0.3, 0.4) is 0 Å². The molecular formula is C17H21NO3. The van der Waals surface area contributed by atoms with Crippen molar-refractivity contribution in [2.45, 2.75) is 26.4 Å². The van der Waals surface area contributed by atoms with Gasteiger partial charge in [-0.15, -0.1) is 0 Å². The molecule has 2 aromatic rings. The number of furan rings is 1. The van der Waals surface area contributed by atoms with E-state index in [1.165, 1.54) is 12.7 Å². The molecule has 4 heteroatoms. The molecule has 1 unspecified atom stereocenters. The minimum absolute atomic E-state index is 0.232. The predicted molar refractivity (Wildman–Crippen MR) is 80.9 cm³/mol. The first-order chi connectivity index (χ1) is 10.1. The van der Waals surface area contributed by atoms with E-state index in [1.54, 1.807) is 12.1 Å². The van der Waals surface area contributed by atoms with Gasteiger partial charge in [0.1, 0.15) is 5.76 Å². The largest absolute Gasteiger partial charge is 0.463 e. The molecular weight excluding hydrogens is 266 g/mol. The van der Waals surface area contributed by atoms with Crippen LogP contribution in [0, 0.1) is 5.92 Å². The molecule has 0 amide bonds. The molecule has 0 aliphatic rings. The van der Waals surface area contributed by atoms with Crippen molar-refractivity contribution in [3.05, 3.63) is 59.5 Å². The number of hydrogen-bond donors (Lipinski definition) is 1. The molecule has 0 aliphatic heterocycles. The van der Waals surface area contributed by atoms with Crippen LogP contribution in [0.1, 0.15) is 41.8 Å². The Morgan fingerprint density at radius 1 is 1.19 bits per heavy atom. The molecule has 0 saturated heterocycles. The van der Waals surface area contributed by atoms with Crippen LogP contribution in [-0.4, -0.2) is 13.1 Å². The molecule has 0 aliphatic carbocycles. The van der Waals surface area contributed by atoms with Crippen molar-refractivity contribution >= 4 is 5.97 Å². The van der Waals surface area contributed by atoms with E-state index in [2.05, 4.69) is 36.0 Å². The number of benzene rings is 1. The van der Waals surface area contributed by atoms with E-state index in [1.807, 2.05) is 18.2 Å². The van der Waals surface area contributed by atoms with Gasteiger partial charge >= 0.3 is 5.97 Å². The molecule has 1 aromatic carbocycles. The number of ether oxygens (including phenoxy) is 1. The standard InChI is InChI=1S/C17H21NO3/c1-12(2)16(13-7-5-4-6-8-13)18-11-14-9-10-15(21-14)17(19)20-3/h4-10,12,16,18H,11H2,1-3H3. The summed E-state index contributed by atoms with van der Waals surface area (Å²) in [5.41, 5.74) is 1.24. The topological polar surface area (TPSA) is 51.5 Å². The fraction of sp³-hybridized carbons (Fsp3) is 0.353. The fourth-order valence-electron chi connectivity index (χ4n) is 2.29. The Bertz CT molecular complexity index is 575. The Morgan fingerprint density at radius 3 is 2.52 bits per heavy atom. The number of rotatable bonds is 6. The predicted octanol–water partition coefficient (Wildman–Crippen LogP) is 3.55. The first-order valence-electron chi connectivity index (χ1n) is 7.07. The van der Waals surface area contributed by atoms with Crippen molar-refractivity contribution in [3.63, 3.8) is 0 Å². The highest BCUT2D eigenvalue weighted by Gasteiger charge is 2.16. The number of methoxy groups -OCH3 is 1. The van der Waals surface area contributed by atoms with Crippen LogP contribution >= 0.6 is 0 Å². The average Bonchev–Trinajstić information content (AvgIpc) is 2.96. The molecule has 0 saturated carbocycles. The van der Waals surface area contributed by atoms with Crippen LogP contribution in [0.2, 0.25) is 0 Å². The molecule has 0 radical (unpaired) electrons. The van der Waals surface area contributed by atoms with E-state index in [9.17, 15) is 4.79 Å². The Kier molecular flexibility index (Phi) is 5.17. The maximum absolute atomic E-state index is 11.4. The molecule has 21 heavy (non-hydrogen) atoms. The molecule has 4 nitrogen and oxygen atoms in total. The lowest BCUT2D eigenvalue weighted by molar-refractivity contribution is 0.0562. The summed E-state index contributed by atoms with van der Waals surface area (Å²) in [5.74, 6) is 0.944. The molecule has 1 aromatic heterocycles. The Morgan fingerprint density at radius 2 is 1.90 bits per heavy atom. The van der Waals surface area contributed by atoms with E-state index >= 15 is 0 Å². The first kappa shape index (κ1) is 15.3. The number of carbonyl (C=O) groups is 1. The zero-order chi connectivity index (χ0) is 15.2. The number of carbonyl (C=O) groups excluding carboxylic acids is 1. The molecule has 0 spiro atoms. The van der Waals surface area contributed by atoms with Gasteiger partial charge in [-0.2, -0.15) is 0 Å². The summed E-state index contributed by atoms with van der Waals surface area (Å²) < 4.78 is 10.1. The van der Waals surface area contributed by atoms with E-state index in [0.717, 1.165) is 5.76 Å². The van der Waals surface area contributed by atoms with Crippen molar-refractivity contribution < 1.29 is 13.9 Å². The summed E-state index contributed by atoms with van der Waals surface area (Å²) in [5, 5.41) is 3.48. The Labute approximate surface area is 125 Å². The Hall–Kier alpha value is -2.07. The number of hydrogen-bond acceptors (Lipinski definition) is 4. The van der Waals surface area contributed by atoms with E-state index < -0.39 is 5.97 Å². The first-order valence-corrected chi connectivity index (χ1v) is 7.07. The summed E-state index contributed by atoms with van der Waals surface area (Å²) in [7, 11) is 1.34. The van der Waals surface area contributed by atoms with Crippen LogP contribution in [0.4, 0.5) is 0 Å². The highest BCUT2D eigenvalue weighted by atomic mass is 16.5. The van der Waals surface area contributed by atoms with Crippen LogP contribution < -0.4 is 5.32 Å². The molecule has 0 fully saturated rings.